The van der Waals surface area contributed by atoms with Crippen LogP contribution in [0.1, 0.15) is 23.0 Å². The second kappa shape index (κ2) is 5.34. The number of amides is 3. The number of Topliss-reactive ketones (excluding diaryl/α,β-unsaturated/α-hetero) is 1. The minimum Gasteiger partial charge on any atom is -0.466 e. The lowest BCUT2D eigenvalue weighted by Gasteiger charge is -2.18. The van der Waals surface area contributed by atoms with E-state index in [-0.39, 0.29) is 12.3 Å². The molecule has 3 aromatic rings. The quantitative estimate of drug-likeness (QED) is 0.564. The van der Waals surface area contributed by atoms with E-state index in [0.717, 1.165) is 15.8 Å². The Hall–Kier alpha value is -3.35. The summed E-state index contributed by atoms with van der Waals surface area (Å²) < 4.78 is 5.27. The molecule has 0 saturated carbocycles. The molecule has 1 fully saturated rings. The molecule has 25 heavy (non-hydrogen) atoms. The van der Waals surface area contributed by atoms with Crippen LogP contribution in [0, 0.1) is 0 Å². The number of rotatable bonds is 4. The molecule has 1 aromatic carbocycles. The lowest BCUT2D eigenvalue weighted by atomic mass is 9.99. The molecule has 0 bridgehead atoms. The summed E-state index contributed by atoms with van der Waals surface area (Å²) in [6.45, 7) is 1.23. The summed E-state index contributed by atoms with van der Waals surface area (Å²) in [5.74, 6) is -0.502. The zero-order valence-corrected chi connectivity index (χ0v) is 13.4. The predicted molar refractivity (Wildman–Crippen MR) is 88.9 cm³/mol. The van der Waals surface area contributed by atoms with Crippen LogP contribution in [0.2, 0.25) is 0 Å². The minimum absolute atomic E-state index is 0.315. The van der Waals surface area contributed by atoms with Gasteiger partial charge < -0.3 is 14.7 Å². The Balaban J connectivity index is 1.61. The number of hydrogen-bond acceptors (Lipinski definition) is 4. The Morgan fingerprint density at radius 2 is 2.00 bits per heavy atom. The lowest BCUT2D eigenvalue weighted by molar-refractivity contribution is -0.131. The molecule has 1 atom stereocenters. The third kappa shape index (κ3) is 2.24. The number of H-pyrrole nitrogens is 1. The molecule has 2 N–H and O–H groups in total. The van der Waals surface area contributed by atoms with Crippen LogP contribution in [0.4, 0.5) is 4.79 Å². The summed E-state index contributed by atoms with van der Waals surface area (Å²) in [4.78, 5) is 41.6. The van der Waals surface area contributed by atoms with Crippen molar-refractivity contribution in [3.63, 3.8) is 0 Å². The van der Waals surface area contributed by atoms with E-state index in [2.05, 4.69) is 10.3 Å². The maximum atomic E-state index is 12.7. The van der Waals surface area contributed by atoms with Gasteiger partial charge in [0.25, 0.3) is 5.91 Å². The summed E-state index contributed by atoms with van der Waals surface area (Å²) >= 11 is 0. The van der Waals surface area contributed by atoms with Gasteiger partial charge in [0, 0.05) is 22.7 Å². The number of para-hydroxylation sites is 1. The number of aromatic nitrogens is 1. The number of carbonyl (C=O) groups is 3. The van der Waals surface area contributed by atoms with E-state index >= 15 is 0 Å². The Bertz CT molecular complexity index is 989. The highest BCUT2D eigenvalue weighted by molar-refractivity contribution is 6.14. The molecule has 3 amide bonds. The van der Waals surface area contributed by atoms with Crippen molar-refractivity contribution in [2.24, 2.45) is 0 Å². The number of carbonyl (C=O) groups excluding carboxylic acids is 3. The zero-order chi connectivity index (χ0) is 17.6. The smallest absolute Gasteiger partial charge is 0.325 e. The van der Waals surface area contributed by atoms with Crippen LogP contribution < -0.4 is 5.32 Å². The molecule has 2 aromatic heterocycles. The molecule has 1 aliphatic rings. The van der Waals surface area contributed by atoms with Gasteiger partial charge in [-0.15, -0.1) is 0 Å². The second-order valence-electron chi connectivity index (χ2n) is 6.09. The first-order valence-electron chi connectivity index (χ1n) is 7.78. The predicted octanol–water partition coefficient (Wildman–Crippen LogP) is 2.41. The van der Waals surface area contributed by atoms with Crippen molar-refractivity contribution in [3.05, 3.63) is 60.2 Å². The monoisotopic (exact) mass is 337 g/mol. The van der Waals surface area contributed by atoms with Gasteiger partial charge in [0.1, 0.15) is 5.76 Å². The van der Waals surface area contributed by atoms with E-state index < -0.39 is 17.5 Å². The number of hydrogen-bond donors (Lipinski definition) is 2. The fourth-order valence-corrected chi connectivity index (χ4v) is 3.10. The average Bonchev–Trinajstić information content (AvgIpc) is 3.31. The second-order valence-corrected chi connectivity index (χ2v) is 6.09. The number of nitrogens with one attached hydrogen (secondary N) is 2. The van der Waals surface area contributed by atoms with E-state index in [9.17, 15) is 14.4 Å². The van der Waals surface area contributed by atoms with Gasteiger partial charge in [-0.1, -0.05) is 18.2 Å². The molecule has 3 heterocycles. The Labute approximate surface area is 142 Å². The molecule has 7 heteroatoms. The zero-order valence-electron chi connectivity index (χ0n) is 13.4. The van der Waals surface area contributed by atoms with Crippen molar-refractivity contribution in [3.8, 4) is 0 Å². The van der Waals surface area contributed by atoms with E-state index in [0.29, 0.717) is 11.3 Å². The first-order chi connectivity index (χ1) is 12.0. The molecule has 1 aliphatic heterocycles. The van der Waals surface area contributed by atoms with Crippen LogP contribution in [0.5, 0.6) is 0 Å². The van der Waals surface area contributed by atoms with Crippen molar-refractivity contribution < 1.29 is 18.8 Å². The number of urea groups is 1. The summed E-state index contributed by atoms with van der Waals surface area (Å²) in [6, 6.07) is 10.00. The topological polar surface area (TPSA) is 95.4 Å². The average molecular weight is 337 g/mol. The molecule has 0 aliphatic carbocycles. The largest absolute Gasteiger partial charge is 0.466 e. The van der Waals surface area contributed by atoms with Crippen LogP contribution in [-0.2, 0) is 10.3 Å². The van der Waals surface area contributed by atoms with Gasteiger partial charge in [0.05, 0.1) is 12.8 Å². The van der Waals surface area contributed by atoms with E-state index in [1.165, 1.54) is 6.26 Å². The standard InChI is InChI=1S/C18H15N3O4/c1-18(15-7-4-8-25-15)16(23)21(17(24)20-18)10-14(22)12-9-19-13-6-3-2-5-11(12)13/h2-9,19H,10H2,1H3,(H,20,24)/t18-/m1/s1. The van der Waals surface area contributed by atoms with E-state index in [1.54, 1.807) is 25.3 Å². The van der Waals surface area contributed by atoms with Gasteiger partial charge in [0.2, 0.25) is 0 Å². The third-order valence-electron chi connectivity index (χ3n) is 4.48. The molecular weight excluding hydrogens is 322 g/mol. The van der Waals surface area contributed by atoms with Gasteiger partial charge in [-0.3, -0.25) is 14.5 Å². The molecule has 0 spiro atoms. The van der Waals surface area contributed by atoms with Gasteiger partial charge in [-0.25, -0.2) is 4.79 Å². The lowest BCUT2D eigenvalue weighted by Crippen LogP contribution is -2.41. The maximum absolute atomic E-state index is 12.7. The van der Waals surface area contributed by atoms with Gasteiger partial charge in [-0.2, -0.15) is 0 Å². The summed E-state index contributed by atoms with van der Waals surface area (Å²) in [5.41, 5.74) is -0.0348. The fourth-order valence-electron chi connectivity index (χ4n) is 3.10. The molecule has 7 nitrogen and oxygen atoms in total. The van der Waals surface area contributed by atoms with Crippen molar-refractivity contribution in [2.75, 3.05) is 6.54 Å². The van der Waals surface area contributed by atoms with Crippen molar-refractivity contribution in [2.45, 2.75) is 12.5 Å². The molecule has 0 unspecified atom stereocenters. The Morgan fingerprint density at radius 3 is 2.76 bits per heavy atom. The number of fused-ring (bicyclic) bond motifs is 1. The molecule has 4 rings (SSSR count). The van der Waals surface area contributed by atoms with Crippen LogP contribution in [0.15, 0.2) is 53.3 Å². The van der Waals surface area contributed by atoms with Crippen molar-refractivity contribution in [1.29, 1.82) is 0 Å². The first-order valence-corrected chi connectivity index (χ1v) is 7.78. The normalized spacial score (nSPS) is 20.3. The van der Waals surface area contributed by atoms with E-state index in [1.807, 2.05) is 24.3 Å². The van der Waals surface area contributed by atoms with Crippen LogP contribution in [0.25, 0.3) is 10.9 Å². The number of ketones is 1. The fraction of sp³-hybridized carbons (Fsp3) is 0.167. The van der Waals surface area contributed by atoms with Gasteiger partial charge >= 0.3 is 6.03 Å². The van der Waals surface area contributed by atoms with Crippen molar-refractivity contribution in [1.82, 2.24) is 15.2 Å². The maximum Gasteiger partial charge on any atom is 0.325 e. The number of nitrogens with zero attached hydrogens (tertiary/aromatic N) is 1. The van der Waals surface area contributed by atoms with Crippen LogP contribution in [-0.4, -0.2) is 34.2 Å². The molecule has 126 valence electrons. The first kappa shape index (κ1) is 15.2. The van der Waals surface area contributed by atoms with Crippen LogP contribution >= 0.6 is 0 Å². The molecular formula is C18H15N3O4. The molecule has 1 saturated heterocycles. The van der Waals surface area contributed by atoms with Crippen molar-refractivity contribution >= 4 is 28.6 Å². The third-order valence-corrected chi connectivity index (χ3v) is 4.48. The minimum atomic E-state index is -1.30. The number of furan rings is 1. The molecule has 0 radical (unpaired) electrons. The van der Waals surface area contributed by atoms with Gasteiger partial charge in [0.15, 0.2) is 11.3 Å². The van der Waals surface area contributed by atoms with Crippen LogP contribution in [0.3, 0.4) is 0 Å². The number of aromatic amines is 1. The highest BCUT2D eigenvalue weighted by atomic mass is 16.3. The summed E-state index contributed by atoms with van der Waals surface area (Å²) in [7, 11) is 0. The highest BCUT2D eigenvalue weighted by Crippen LogP contribution is 2.29. The summed E-state index contributed by atoms with van der Waals surface area (Å²) in [6.07, 6.45) is 3.02. The van der Waals surface area contributed by atoms with Gasteiger partial charge in [-0.05, 0) is 25.1 Å². The Kier molecular flexibility index (Phi) is 3.24. The summed E-state index contributed by atoms with van der Waals surface area (Å²) in [5, 5.41) is 3.36. The van der Waals surface area contributed by atoms with E-state index in [4.69, 9.17) is 4.42 Å². The SMILES string of the molecule is C[C@]1(c2ccco2)NC(=O)N(CC(=O)c2c[nH]c3ccccc23)C1=O. The highest BCUT2D eigenvalue weighted by Gasteiger charge is 2.51. The number of imide groups is 1. The Morgan fingerprint density at radius 1 is 1.20 bits per heavy atom. The number of benzene rings is 1.